The van der Waals surface area contributed by atoms with E-state index in [1.807, 2.05) is 12.1 Å². The van der Waals surface area contributed by atoms with Crippen LogP contribution in [0.5, 0.6) is 11.5 Å². The molecule has 1 unspecified atom stereocenters. The molecule has 0 bridgehead atoms. The van der Waals surface area contributed by atoms with Crippen molar-refractivity contribution in [3.05, 3.63) is 23.8 Å². The van der Waals surface area contributed by atoms with Crippen LogP contribution in [0.15, 0.2) is 18.2 Å². The summed E-state index contributed by atoms with van der Waals surface area (Å²) >= 11 is 6.21. The summed E-state index contributed by atoms with van der Waals surface area (Å²) in [4.78, 5) is 0. The van der Waals surface area contributed by atoms with Gasteiger partial charge in [0.2, 0.25) is 0 Å². The Morgan fingerprint density at radius 3 is 2.41 bits per heavy atom. The molecule has 0 aliphatic heterocycles. The first-order chi connectivity index (χ1) is 8.21. The molecule has 0 aromatic heterocycles. The number of hydrogen-bond acceptors (Lipinski definition) is 2. The highest BCUT2D eigenvalue weighted by molar-refractivity contribution is 6.20. The van der Waals surface area contributed by atoms with Gasteiger partial charge in [-0.2, -0.15) is 0 Å². The SMILES string of the molecule is CCCC(Cl)CCc1ccc(OC)c(OC)c1. The Balaban J connectivity index is 2.60. The summed E-state index contributed by atoms with van der Waals surface area (Å²) in [6, 6.07) is 6.03. The molecule has 0 radical (unpaired) electrons. The number of rotatable bonds is 7. The van der Waals surface area contributed by atoms with E-state index in [4.69, 9.17) is 21.1 Å². The van der Waals surface area contributed by atoms with Crippen molar-refractivity contribution >= 4 is 11.6 Å². The summed E-state index contributed by atoms with van der Waals surface area (Å²) in [6.07, 6.45) is 4.20. The molecule has 1 rings (SSSR count). The van der Waals surface area contributed by atoms with Gasteiger partial charge in [0, 0.05) is 5.38 Å². The average Bonchev–Trinajstić information content (AvgIpc) is 2.36. The van der Waals surface area contributed by atoms with E-state index in [-0.39, 0.29) is 5.38 Å². The standard InChI is InChI=1S/C14H21ClO2/c1-4-5-12(15)8-6-11-7-9-13(16-2)14(10-11)17-3/h7,9-10,12H,4-6,8H2,1-3H3. The van der Waals surface area contributed by atoms with E-state index in [1.54, 1.807) is 14.2 Å². The summed E-state index contributed by atoms with van der Waals surface area (Å²) in [5, 5.41) is 0.271. The Bertz CT molecular complexity index is 339. The molecular weight excluding hydrogens is 236 g/mol. The van der Waals surface area contributed by atoms with E-state index in [0.29, 0.717) is 0 Å². The summed E-state index contributed by atoms with van der Waals surface area (Å²) < 4.78 is 10.5. The number of methoxy groups -OCH3 is 2. The highest BCUT2D eigenvalue weighted by Gasteiger charge is 2.07. The molecule has 0 amide bonds. The van der Waals surface area contributed by atoms with Crippen LogP contribution in [-0.2, 0) is 6.42 Å². The third kappa shape index (κ3) is 4.47. The van der Waals surface area contributed by atoms with Gasteiger partial charge in [0.05, 0.1) is 14.2 Å². The van der Waals surface area contributed by atoms with Crippen LogP contribution >= 0.6 is 11.6 Å². The van der Waals surface area contributed by atoms with Gasteiger partial charge in [-0.1, -0.05) is 19.4 Å². The zero-order valence-electron chi connectivity index (χ0n) is 10.8. The second-order valence-electron chi connectivity index (χ2n) is 4.11. The molecule has 0 aliphatic rings. The molecule has 0 aliphatic carbocycles. The van der Waals surface area contributed by atoms with Gasteiger partial charge in [-0.15, -0.1) is 11.6 Å². The molecule has 0 heterocycles. The van der Waals surface area contributed by atoms with Crippen molar-refractivity contribution in [2.45, 2.75) is 38.0 Å². The van der Waals surface area contributed by atoms with Crippen molar-refractivity contribution in [2.75, 3.05) is 14.2 Å². The van der Waals surface area contributed by atoms with Gasteiger partial charge in [-0.3, -0.25) is 0 Å². The largest absolute Gasteiger partial charge is 0.493 e. The fourth-order valence-corrected chi connectivity index (χ4v) is 2.14. The molecular formula is C14H21ClO2. The number of aryl methyl sites for hydroxylation is 1. The lowest BCUT2D eigenvalue weighted by Gasteiger charge is -2.11. The van der Waals surface area contributed by atoms with Crippen LogP contribution in [0.3, 0.4) is 0 Å². The van der Waals surface area contributed by atoms with E-state index in [2.05, 4.69) is 13.0 Å². The maximum atomic E-state index is 6.21. The quantitative estimate of drug-likeness (QED) is 0.686. The number of alkyl halides is 1. The number of hydrogen-bond donors (Lipinski definition) is 0. The van der Waals surface area contributed by atoms with E-state index in [1.165, 1.54) is 5.56 Å². The normalized spacial score (nSPS) is 12.2. The molecule has 1 aromatic rings. The Morgan fingerprint density at radius 2 is 1.82 bits per heavy atom. The minimum atomic E-state index is 0.271. The van der Waals surface area contributed by atoms with Gasteiger partial charge in [-0.25, -0.2) is 0 Å². The minimum Gasteiger partial charge on any atom is -0.493 e. The van der Waals surface area contributed by atoms with Crippen molar-refractivity contribution in [1.82, 2.24) is 0 Å². The molecule has 0 spiro atoms. The van der Waals surface area contributed by atoms with Crippen LogP contribution in [0.4, 0.5) is 0 Å². The maximum Gasteiger partial charge on any atom is 0.160 e. The summed E-state index contributed by atoms with van der Waals surface area (Å²) in [5.74, 6) is 1.55. The minimum absolute atomic E-state index is 0.271. The van der Waals surface area contributed by atoms with Gasteiger partial charge in [0.25, 0.3) is 0 Å². The Labute approximate surface area is 109 Å². The Hall–Kier alpha value is -0.890. The van der Waals surface area contributed by atoms with E-state index in [9.17, 15) is 0 Å². The molecule has 1 aromatic carbocycles. The maximum absolute atomic E-state index is 6.21. The van der Waals surface area contributed by atoms with Crippen LogP contribution < -0.4 is 9.47 Å². The van der Waals surface area contributed by atoms with Gasteiger partial charge in [0.1, 0.15) is 0 Å². The molecule has 1 atom stereocenters. The van der Waals surface area contributed by atoms with Gasteiger partial charge >= 0.3 is 0 Å². The third-order valence-corrected chi connectivity index (χ3v) is 3.23. The summed E-state index contributed by atoms with van der Waals surface area (Å²) in [7, 11) is 3.30. The van der Waals surface area contributed by atoms with Crippen LogP contribution in [0.2, 0.25) is 0 Å². The van der Waals surface area contributed by atoms with Crippen LogP contribution in [0, 0.1) is 0 Å². The third-order valence-electron chi connectivity index (χ3n) is 2.80. The second kappa shape index (κ2) is 7.44. The molecule has 0 N–H and O–H groups in total. The topological polar surface area (TPSA) is 18.5 Å². The Morgan fingerprint density at radius 1 is 1.12 bits per heavy atom. The lowest BCUT2D eigenvalue weighted by atomic mass is 10.1. The van der Waals surface area contributed by atoms with E-state index in [0.717, 1.165) is 37.2 Å². The van der Waals surface area contributed by atoms with E-state index >= 15 is 0 Å². The zero-order chi connectivity index (χ0) is 12.7. The fraction of sp³-hybridized carbons (Fsp3) is 0.571. The smallest absolute Gasteiger partial charge is 0.160 e. The average molecular weight is 257 g/mol. The molecule has 3 heteroatoms. The molecule has 17 heavy (non-hydrogen) atoms. The van der Waals surface area contributed by atoms with Crippen molar-refractivity contribution < 1.29 is 9.47 Å². The highest BCUT2D eigenvalue weighted by atomic mass is 35.5. The second-order valence-corrected chi connectivity index (χ2v) is 4.73. The molecule has 0 saturated carbocycles. The molecule has 0 fully saturated rings. The molecule has 0 saturated heterocycles. The van der Waals surface area contributed by atoms with Crippen LogP contribution in [-0.4, -0.2) is 19.6 Å². The fourth-order valence-electron chi connectivity index (χ4n) is 1.82. The lowest BCUT2D eigenvalue weighted by molar-refractivity contribution is 0.354. The number of ether oxygens (including phenoxy) is 2. The van der Waals surface area contributed by atoms with Crippen molar-refractivity contribution in [1.29, 1.82) is 0 Å². The highest BCUT2D eigenvalue weighted by Crippen LogP contribution is 2.28. The monoisotopic (exact) mass is 256 g/mol. The van der Waals surface area contributed by atoms with Crippen molar-refractivity contribution in [3.63, 3.8) is 0 Å². The first-order valence-electron chi connectivity index (χ1n) is 6.06. The predicted octanol–water partition coefficient (Wildman–Crippen LogP) is 4.04. The van der Waals surface area contributed by atoms with E-state index < -0.39 is 0 Å². The zero-order valence-corrected chi connectivity index (χ0v) is 11.6. The number of benzene rings is 1. The summed E-state index contributed by atoms with van der Waals surface area (Å²) in [5.41, 5.74) is 1.24. The van der Waals surface area contributed by atoms with Crippen LogP contribution in [0.1, 0.15) is 31.7 Å². The number of halogens is 1. The van der Waals surface area contributed by atoms with Gasteiger partial charge < -0.3 is 9.47 Å². The predicted molar refractivity (Wildman–Crippen MR) is 72.4 cm³/mol. The lowest BCUT2D eigenvalue weighted by Crippen LogP contribution is -2.00. The van der Waals surface area contributed by atoms with Crippen molar-refractivity contribution in [3.8, 4) is 11.5 Å². The first-order valence-corrected chi connectivity index (χ1v) is 6.49. The molecule has 96 valence electrons. The van der Waals surface area contributed by atoms with Gasteiger partial charge in [-0.05, 0) is 37.0 Å². The first kappa shape index (κ1) is 14.2. The Kier molecular flexibility index (Phi) is 6.20. The van der Waals surface area contributed by atoms with Crippen LogP contribution in [0.25, 0.3) is 0 Å². The summed E-state index contributed by atoms with van der Waals surface area (Å²) in [6.45, 7) is 2.16. The van der Waals surface area contributed by atoms with Gasteiger partial charge in [0.15, 0.2) is 11.5 Å². The van der Waals surface area contributed by atoms with Crippen molar-refractivity contribution in [2.24, 2.45) is 0 Å². The molecule has 2 nitrogen and oxygen atoms in total.